The van der Waals surface area contributed by atoms with Gasteiger partial charge in [0.1, 0.15) is 0 Å². The van der Waals surface area contributed by atoms with Gasteiger partial charge < -0.3 is 4.48 Å². The van der Waals surface area contributed by atoms with Crippen molar-refractivity contribution in [1.82, 2.24) is 0 Å². The Labute approximate surface area is 161 Å². The lowest BCUT2D eigenvalue weighted by molar-refractivity contribution is -0.918. The van der Waals surface area contributed by atoms with Crippen molar-refractivity contribution in [1.29, 1.82) is 0 Å². The molecule has 5 atom stereocenters. The van der Waals surface area contributed by atoms with Crippen molar-refractivity contribution in [2.45, 2.75) is 106 Å². The largest absolute Gasteiger partial charge is 0.326 e. The molecule has 0 aliphatic heterocycles. The quantitative estimate of drug-likeness (QED) is 0.285. The van der Waals surface area contributed by atoms with Gasteiger partial charge in [0.15, 0.2) is 0 Å². The Morgan fingerprint density at radius 1 is 0.760 bits per heavy atom. The monoisotopic (exact) mass is 354 g/mol. The van der Waals surface area contributed by atoms with Crippen molar-refractivity contribution in [3.05, 3.63) is 0 Å². The molecule has 1 nitrogen and oxygen atoms in total. The minimum absolute atomic E-state index is 0.805. The van der Waals surface area contributed by atoms with E-state index in [2.05, 4.69) is 69.5 Å². The van der Waals surface area contributed by atoms with Gasteiger partial charge in [-0.1, -0.05) is 74.1 Å². The normalized spacial score (nSPS) is 18.8. The fraction of sp³-hybridized carbons (Fsp3) is 1.00. The van der Waals surface area contributed by atoms with Crippen LogP contribution in [0.4, 0.5) is 0 Å². The molecule has 0 spiro atoms. The average Bonchev–Trinajstić information content (AvgIpc) is 2.55. The zero-order valence-electron chi connectivity index (χ0n) is 19.6. The van der Waals surface area contributed by atoms with Crippen LogP contribution >= 0.6 is 0 Å². The summed E-state index contributed by atoms with van der Waals surface area (Å²) in [6.07, 6.45) is 9.61. The zero-order chi connectivity index (χ0) is 19.6. The van der Waals surface area contributed by atoms with E-state index in [1.54, 1.807) is 0 Å². The van der Waals surface area contributed by atoms with Crippen LogP contribution < -0.4 is 0 Å². The van der Waals surface area contributed by atoms with E-state index in [1.807, 2.05) is 0 Å². The van der Waals surface area contributed by atoms with Crippen LogP contribution in [0.15, 0.2) is 0 Å². The summed E-state index contributed by atoms with van der Waals surface area (Å²) in [5.41, 5.74) is 0. The van der Waals surface area contributed by atoms with E-state index in [-0.39, 0.29) is 0 Å². The van der Waals surface area contributed by atoms with Gasteiger partial charge in [-0.05, 0) is 49.9 Å². The second kappa shape index (κ2) is 12.4. The number of quaternary nitrogens is 1. The van der Waals surface area contributed by atoms with E-state index < -0.39 is 0 Å². The van der Waals surface area contributed by atoms with Gasteiger partial charge in [0.25, 0.3) is 0 Å². The van der Waals surface area contributed by atoms with E-state index in [9.17, 15) is 0 Å². The third-order valence-corrected chi connectivity index (χ3v) is 7.39. The second-order valence-electron chi connectivity index (χ2n) is 9.57. The molecule has 0 rings (SSSR count). The smallest absolute Gasteiger partial charge is 0.0914 e. The highest BCUT2D eigenvalue weighted by atomic mass is 15.3. The molecule has 0 heterocycles. The van der Waals surface area contributed by atoms with E-state index in [4.69, 9.17) is 0 Å². The van der Waals surface area contributed by atoms with Crippen LogP contribution in [-0.4, -0.2) is 31.2 Å². The third kappa shape index (κ3) is 7.61. The lowest BCUT2D eigenvalue weighted by Gasteiger charge is -2.45. The first-order chi connectivity index (χ1) is 11.7. The number of hydrogen-bond donors (Lipinski definition) is 0. The van der Waals surface area contributed by atoms with Crippen LogP contribution in [0.5, 0.6) is 0 Å². The molecule has 0 fully saturated rings. The first kappa shape index (κ1) is 25.0. The molecule has 0 aromatic carbocycles. The van der Waals surface area contributed by atoms with E-state index in [0.717, 1.165) is 35.6 Å². The van der Waals surface area contributed by atoms with Gasteiger partial charge in [-0.15, -0.1) is 0 Å². The van der Waals surface area contributed by atoms with Crippen molar-refractivity contribution in [2.75, 3.05) is 20.6 Å². The zero-order valence-corrected chi connectivity index (χ0v) is 19.6. The van der Waals surface area contributed by atoms with Crippen LogP contribution in [0, 0.1) is 29.6 Å². The van der Waals surface area contributed by atoms with Gasteiger partial charge in [0.05, 0.1) is 26.7 Å². The minimum atomic E-state index is 0.805. The predicted molar refractivity (Wildman–Crippen MR) is 116 cm³/mol. The first-order valence-corrected chi connectivity index (χ1v) is 11.5. The lowest BCUT2D eigenvalue weighted by atomic mass is 9.70. The molecular formula is C24H52N+. The number of unbranched alkanes of at least 4 members (excludes halogenated alkanes) is 1. The maximum Gasteiger partial charge on any atom is 0.0914 e. The summed E-state index contributed by atoms with van der Waals surface area (Å²) in [6, 6.07) is 0.805. The van der Waals surface area contributed by atoms with E-state index in [1.165, 1.54) is 56.0 Å². The van der Waals surface area contributed by atoms with Crippen LogP contribution in [-0.2, 0) is 0 Å². The molecular weight excluding hydrogens is 302 g/mol. The molecule has 0 saturated heterocycles. The Hall–Kier alpha value is -0.0400. The molecule has 25 heavy (non-hydrogen) atoms. The summed E-state index contributed by atoms with van der Waals surface area (Å²) in [7, 11) is 4.94. The summed E-state index contributed by atoms with van der Waals surface area (Å²) in [5, 5.41) is 0. The van der Waals surface area contributed by atoms with Gasteiger partial charge in [-0.3, -0.25) is 0 Å². The maximum atomic E-state index is 2.55. The molecule has 0 aliphatic rings. The highest BCUT2D eigenvalue weighted by Gasteiger charge is 2.38. The Morgan fingerprint density at radius 2 is 1.36 bits per heavy atom. The molecule has 0 radical (unpaired) electrons. The van der Waals surface area contributed by atoms with Crippen molar-refractivity contribution in [2.24, 2.45) is 29.6 Å². The maximum absolute atomic E-state index is 2.55. The summed E-state index contributed by atoms with van der Waals surface area (Å²) in [5.74, 6) is 4.31. The highest BCUT2D eigenvalue weighted by Crippen LogP contribution is 2.39. The van der Waals surface area contributed by atoms with Gasteiger partial charge in [-0.25, -0.2) is 0 Å². The SMILES string of the molecule is CCCCC(CC)C(CC(C)C(CC)C(C)C)C(CC)[N+](C)(C)CC. The van der Waals surface area contributed by atoms with Gasteiger partial charge in [0, 0.05) is 5.92 Å². The number of hydrogen-bond acceptors (Lipinski definition) is 0. The van der Waals surface area contributed by atoms with E-state index >= 15 is 0 Å². The van der Waals surface area contributed by atoms with Crippen molar-refractivity contribution >= 4 is 0 Å². The number of nitrogens with zero attached hydrogens (tertiary/aromatic N) is 1. The summed E-state index contributed by atoms with van der Waals surface area (Å²) in [6.45, 7) is 20.6. The van der Waals surface area contributed by atoms with Crippen molar-refractivity contribution < 1.29 is 4.48 Å². The Kier molecular flexibility index (Phi) is 12.3. The van der Waals surface area contributed by atoms with Gasteiger partial charge >= 0.3 is 0 Å². The molecule has 0 aliphatic carbocycles. The fourth-order valence-electron chi connectivity index (χ4n) is 5.54. The molecule has 0 amide bonds. The van der Waals surface area contributed by atoms with Gasteiger partial charge in [0.2, 0.25) is 0 Å². The molecule has 0 N–H and O–H groups in total. The van der Waals surface area contributed by atoms with E-state index in [0.29, 0.717) is 0 Å². The summed E-state index contributed by atoms with van der Waals surface area (Å²) >= 11 is 0. The first-order valence-electron chi connectivity index (χ1n) is 11.5. The van der Waals surface area contributed by atoms with Crippen LogP contribution in [0.25, 0.3) is 0 Å². The standard InChI is InChI=1S/C24H52N/c1-11-16-17-21(12-2)23(24(14-4)25(9,10)15-5)18-20(8)22(13-3)19(6)7/h19-24H,11-18H2,1-10H3/q+1. The van der Waals surface area contributed by atoms with Crippen molar-refractivity contribution in [3.8, 4) is 0 Å². The second-order valence-corrected chi connectivity index (χ2v) is 9.57. The fourth-order valence-corrected chi connectivity index (χ4v) is 5.54. The Bertz CT molecular complexity index is 320. The highest BCUT2D eigenvalue weighted by molar-refractivity contribution is 4.81. The Morgan fingerprint density at radius 3 is 1.72 bits per heavy atom. The average molecular weight is 355 g/mol. The van der Waals surface area contributed by atoms with Crippen molar-refractivity contribution in [3.63, 3.8) is 0 Å². The summed E-state index contributed by atoms with van der Waals surface area (Å²) in [4.78, 5) is 0. The van der Waals surface area contributed by atoms with Crippen LogP contribution in [0.2, 0.25) is 0 Å². The van der Waals surface area contributed by atoms with Gasteiger partial charge in [-0.2, -0.15) is 0 Å². The lowest BCUT2D eigenvalue weighted by Crippen LogP contribution is -2.54. The number of rotatable bonds is 14. The van der Waals surface area contributed by atoms with Crippen LogP contribution in [0.1, 0.15) is 100 Å². The molecule has 0 saturated carbocycles. The predicted octanol–water partition coefficient (Wildman–Crippen LogP) is 7.40. The van der Waals surface area contributed by atoms with Crippen LogP contribution in [0.3, 0.4) is 0 Å². The topological polar surface area (TPSA) is 0 Å². The molecule has 1 heteroatoms. The molecule has 0 aromatic rings. The minimum Gasteiger partial charge on any atom is -0.326 e. The molecule has 0 aromatic heterocycles. The molecule has 5 unspecified atom stereocenters. The Balaban J connectivity index is 5.56. The molecule has 0 bridgehead atoms. The third-order valence-electron chi connectivity index (χ3n) is 7.39. The molecule has 152 valence electrons. The summed E-state index contributed by atoms with van der Waals surface area (Å²) < 4.78 is 1.19.